The fourth-order valence-electron chi connectivity index (χ4n) is 2.14. The van der Waals surface area contributed by atoms with E-state index in [1.165, 1.54) is 11.3 Å². The number of urea groups is 1. The largest absolute Gasteiger partial charge is 0.387 e. The molecule has 0 saturated heterocycles. The van der Waals surface area contributed by atoms with Gasteiger partial charge in [0, 0.05) is 17.1 Å². The molecule has 0 aliphatic rings. The van der Waals surface area contributed by atoms with Gasteiger partial charge in [0.1, 0.15) is 0 Å². The molecule has 0 aromatic carbocycles. The maximum absolute atomic E-state index is 12.0. The zero-order valence-electron chi connectivity index (χ0n) is 13.9. The second-order valence-corrected chi connectivity index (χ2v) is 7.59. The van der Waals surface area contributed by atoms with Gasteiger partial charge in [-0.15, -0.1) is 11.3 Å². The summed E-state index contributed by atoms with van der Waals surface area (Å²) in [6.07, 6.45) is 3.32. The van der Waals surface area contributed by atoms with Crippen LogP contribution >= 0.6 is 11.3 Å². The highest BCUT2D eigenvalue weighted by atomic mass is 32.1. The topological polar surface area (TPSA) is 79.2 Å². The van der Waals surface area contributed by atoms with E-state index in [9.17, 15) is 9.90 Å². The van der Waals surface area contributed by atoms with Crippen LogP contribution < -0.4 is 10.6 Å². The Hall–Kier alpha value is -1.86. The van der Waals surface area contributed by atoms with Gasteiger partial charge in [0.05, 0.1) is 23.5 Å². The van der Waals surface area contributed by atoms with Gasteiger partial charge in [-0.2, -0.15) is 5.10 Å². The molecule has 0 spiro atoms. The van der Waals surface area contributed by atoms with E-state index < -0.39 is 6.10 Å². The summed E-state index contributed by atoms with van der Waals surface area (Å²) < 4.78 is 1.80. The molecule has 2 rings (SSSR count). The van der Waals surface area contributed by atoms with Crippen molar-refractivity contribution >= 4 is 23.1 Å². The van der Waals surface area contributed by atoms with E-state index in [0.29, 0.717) is 12.1 Å². The number of anilines is 1. The Kier molecular flexibility index (Phi) is 5.43. The molecule has 0 aliphatic carbocycles. The molecule has 23 heavy (non-hydrogen) atoms. The molecule has 126 valence electrons. The number of amides is 2. The first-order valence-corrected chi connectivity index (χ1v) is 8.48. The summed E-state index contributed by atoms with van der Waals surface area (Å²) in [6, 6.07) is 3.35. The lowest BCUT2D eigenvalue weighted by Crippen LogP contribution is -2.36. The number of carbonyl (C=O) groups is 1. The number of hydrogen-bond donors (Lipinski definition) is 3. The normalized spacial score (nSPS) is 14.3. The number of rotatable bonds is 5. The molecule has 2 amide bonds. The second kappa shape index (κ2) is 7.14. The highest BCUT2D eigenvalue weighted by Gasteiger charge is 2.17. The van der Waals surface area contributed by atoms with Crippen molar-refractivity contribution < 1.29 is 9.90 Å². The van der Waals surface area contributed by atoms with Gasteiger partial charge < -0.3 is 15.7 Å². The van der Waals surface area contributed by atoms with Crippen molar-refractivity contribution in [3.63, 3.8) is 0 Å². The van der Waals surface area contributed by atoms with Crippen molar-refractivity contribution in [3.8, 4) is 0 Å². The smallest absolute Gasteiger partial charge is 0.319 e. The minimum Gasteiger partial charge on any atom is -0.387 e. The van der Waals surface area contributed by atoms with E-state index >= 15 is 0 Å². The minimum absolute atomic E-state index is 0.130. The van der Waals surface area contributed by atoms with Crippen LogP contribution in [0.5, 0.6) is 0 Å². The molecule has 0 fully saturated rings. The number of nitrogens with one attached hydrogen (secondary N) is 2. The predicted octanol–water partition coefficient (Wildman–Crippen LogP) is 3.33. The number of aromatic nitrogens is 2. The van der Waals surface area contributed by atoms with E-state index in [1.54, 1.807) is 17.1 Å². The maximum Gasteiger partial charge on any atom is 0.319 e. The number of thiophene rings is 1. The standard InChI is InChI=1S/C16H24N4O2S/c1-11(8-13(21)14-6-5-7-23-14)18-15(22)19-12-9-17-20(10-12)16(2,3)4/h5-7,9-11,13,21H,8H2,1-4H3,(H2,18,19,22). The fraction of sp³-hybridized carbons (Fsp3) is 0.500. The van der Waals surface area contributed by atoms with Crippen LogP contribution in [-0.4, -0.2) is 27.0 Å². The Bertz CT molecular complexity index is 631. The van der Waals surface area contributed by atoms with Crippen LogP contribution in [0.25, 0.3) is 0 Å². The van der Waals surface area contributed by atoms with Crippen LogP contribution in [0.1, 0.15) is 45.1 Å². The van der Waals surface area contributed by atoms with Crippen LogP contribution in [0, 0.1) is 0 Å². The molecule has 0 aliphatic heterocycles. The first kappa shape index (κ1) is 17.5. The lowest BCUT2D eigenvalue weighted by atomic mass is 10.1. The van der Waals surface area contributed by atoms with Crippen molar-refractivity contribution in [2.75, 3.05) is 5.32 Å². The van der Waals surface area contributed by atoms with Gasteiger partial charge in [-0.25, -0.2) is 4.79 Å². The number of carbonyl (C=O) groups excluding carboxylic acids is 1. The van der Waals surface area contributed by atoms with Gasteiger partial charge in [0.2, 0.25) is 0 Å². The Labute approximate surface area is 140 Å². The van der Waals surface area contributed by atoms with Crippen LogP contribution in [0.2, 0.25) is 0 Å². The molecular weight excluding hydrogens is 312 g/mol. The molecule has 0 saturated carbocycles. The third kappa shape index (κ3) is 5.07. The molecule has 2 heterocycles. The third-order valence-corrected chi connectivity index (χ3v) is 4.33. The van der Waals surface area contributed by atoms with E-state index in [0.717, 1.165) is 4.88 Å². The van der Waals surface area contributed by atoms with Crippen molar-refractivity contribution in [3.05, 3.63) is 34.8 Å². The lowest BCUT2D eigenvalue weighted by molar-refractivity contribution is 0.158. The SMILES string of the molecule is CC(CC(O)c1cccs1)NC(=O)Nc1cnn(C(C)(C)C)c1. The van der Waals surface area contributed by atoms with Crippen LogP contribution in [0.3, 0.4) is 0 Å². The second-order valence-electron chi connectivity index (χ2n) is 6.61. The molecule has 7 heteroatoms. The van der Waals surface area contributed by atoms with Crippen molar-refractivity contribution in [2.45, 2.75) is 51.8 Å². The first-order chi connectivity index (χ1) is 10.8. The van der Waals surface area contributed by atoms with E-state index in [1.807, 2.05) is 45.2 Å². The van der Waals surface area contributed by atoms with Gasteiger partial charge in [0.25, 0.3) is 0 Å². The zero-order valence-corrected chi connectivity index (χ0v) is 14.7. The molecule has 2 atom stereocenters. The van der Waals surface area contributed by atoms with Gasteiger partial charge >= 0.3 is 6.03 Å². The average Bonchev–Trinajstić information content (AvgIpc) is 3.07. The number of aliphatic hydroxyl groups excluding tert-OH is 1. The minimum atomic E-state index is -0.561. The van der Waals surface area contributed by atoms with Crippen LogP contribution in [-0.2, 0) is 5.54 Å². The van der Waals surface area contributed by atoms with Crippen molar-refractivity contribution in [1.82, 2.24) is 15.1 Å². The highest BCUT2D eigenvalue weighted by Crippen LogP contribution is 2.22. The van der Waals surface area contributed by atoms with Crippen molar-refractivity contribution in [1.29, 1.82) is 0 Å². The van der Waals surface area contributed by atoms with Gasteiger partial charge in [-0.05, 0) is 45.6 Å². The molecule has 2 aromatic rings. The Morgan fingerprint density at radius 2 is 2.22 bits per heavy atom. The van der Waals surface area contributed by atoms with Crippen LogP contribution in [0.15, 0.2) is 29.9 Å². The Morgan fingerprint density at radius 1 is 1.48 bits per heavy atom. The quantitative estimate of drug-likeness (QED) is 0.783. The van der Waals surface area contributed by atoms with Gasteiger partial charge in [-0.3, -0.25) is 4.68 Å². The highest BCUT2D eigenvalue weighted by molar-refractivity contribution is 7.10. The first-order valence-electron chi connectivity index (χ1n) is 7.60. The van der Waals surface area contributed by atoms with E-state index in [4.69, 9.17) is 0 Å². The summed E-state index contributed by atoms with van der Waals surface area (Å²) >= 11 is 1.51. The van der Waals surface area contributed by atoms with Crippen LogP contribution in [0.4, 0.5) is 10.5 Å². The molecule has 2 unspecified atom stereocenters. The Morgan fingerprint density at radius 3 is 2.78 bits per heavy atom. The fourth-order valence-corrected chi connectivity index (χ4v) is 2.86. The average molecular weight is 336 g/mol. The van der Waals surface area contributed by atoms with Gasteiger partial charge in [0.15, 0.2) is 0 Å². The number of hydrogen-bond acceptors (Lipinski definition) is 4. The summed E-state index contributed by atoms with van der Waals surface area (Å²) in [5.74, 6) is 0. The van der Waals surface area contributed by atoms with E-state index in [-0.39, 0.29) is 17.6 Å². The molecule has 0 bridgehead atoms. The summed E-state index contributed by atoms with van der Waals surface area (Å²) in [7, 11) is 0. The zero-order chi connectivity index (χ0) is 17.0. The summed E-state index contributed by atoms with van der Waals surface area (Å²) in [6.45, 7) is 7.99. The van der Waals surface area contributed by atoms with E-state index in [2.05, 4.69) is 15.7 Å². The monoisotopic (exact) mass is 336 g/mol. The van der Waals surface area contributed by atoms with Crippen molar-refractivity contribution in [2.24, 2.45) is 0 Å². The molecule has 2 aromatic heterocycles. The molecule has 0 radical (unpaired) electrons. The Balaban J connectivity index is 1.83. The third-order valence-electron chi connectivity index (χ3n) is 3.35. The lowest BCUT2D eigenvalue weighted by Gasteiger charge is -2.19. The predicted molar refractivity (Wildman–Crippen MR) is 92.7 cm³/mol. The molecular formula is C16H24N4O2S. The number of nitrogens with zero attached hydrogens (tertiary/aromatic N) is 2. The summed E-state index contributed by atoms with van der Waals surface area (Å²) in [5.41, 5.74) is 0.512. The maximum atomic E-state index is 12.0. The van der Waals surface area contributed by atoms with Gasteiger partial charge in [-0.1, -0.05) is 6.07 Å². The molecule has 3 N–H and O–H groups in total. The molecule has 6 nitrogen and oxygen atoms in total. The summed E-state index contributed by atoms with van der Waals surface area (Å²) in [4.78, 5) is 12.9. The summed E-state index contributed by atoms with van der Waals surface area (Å²) in [5, 5.41) is 21.9. The number of aliphatic hydroxyl groups is 1.